The summed E-state index contributed by atoms with van der Waals surface area (Å²) in [6.07, 6.45) is 2.17. The quantitative estimate of drug-likeness (QED) is 0.859. The summed E-state index contributed by atoms with van der Waals surface area (Å²) in [7, 11) is 0. The molecular weight excluding hydrogens is 300 g/mol. The standard InChI is InChI=1S/C20H22N2O2/c1-15(22-19(24)16-8-4-2-5-9-16)18(23)21-14-20(12-13-20)17-10-6-3-7-11-17/h2-11,15H,12-14H2,1H3,(H,21,23)(H,22,24)/t15-/m1/s1. The van der Waals surface area contributed by atoms with E-state index in [2.05, 4.69) is 22.8 Å². The van der Waals surface area contributed by atoms with E-state index in [1.807, 2.05) is 24.3 Å². The van der Waals surface area contributed by atoms with Crippen molar-refractivity contribution in [2.75, 3.05) is 6.54 Å². The van der Waals surface area contributed by atoms with Crippen LogP contribution in [0.5, 0.6) is 0 Å². The second kappa shape index (κ2) is 6.87. The van der Waals surface area contributed by atoms with Crippen molar-refractivity contribution in [1.29, 1.82) is 0 Å². The summed E-state index contributed by atoms with van der Waals surface area (Å²) in [5, 5.41) is 5.73. The van der Waals surface area contributed by atoms with Crippen molar-refractivity contribution >= 4 is 11.8 Å². The Hall–Kier alpha value is -2.62. The lowest BCUT2D eigenvalue weighted by Crippen LogP contribution is -2.46. The Labute approximate surface area is 142 Å². The molecule has 0 radical (unpaired) electrons. The van der Waals surface area contributed by atoms with E-state index in [1.54, 1.807) is 31.2 Å². The van der Waals surface area contributed by atoms with E-state index in [0.29, 0.717) is 12.1 Å². The largest absolute Gasteiger partial charge is 0.353 e. The van der Waals surface area contributed by atoms with E-state index in [0.717, 1.165) is 12.8 Å². The highest BCUT2D eigenvalue weighted by Crippen LogP contribution is 2.47. The van der Waals surface area contributed by atoms with Gasteiger partial charge in [-0.3, -0.25) is 9.59 Å². The molecule has 0 saturated heterocycles. The fraction of sp³-hybridized carbons (Fsp3) is 0.300. The molecule has 4 heteroatoms. The average molecular weight is 322 g/mol. The fourth-order valence-corrected chi connectivity index (χ4v) is 2.85. The molecule has 24 heavy (non-hydrogen) atoms. The number of hydrogen-bond donors (Lipinski definition) is 2. The van der Waals surface area contributed by atoms with Gasteiger partial charge >= 0.3 is 0 Å². The Kier molecular flexibility index (Phi) is 4.65. The molecule has 2 aromatic carbocycles. The monoisotopic (exact) mass is 322 g/mol. The van der Waals surface area contributed by atoms with Crippen molar-refractivity contribution in [1.82, 2.24) is 10.6 Å². The minimum atomic E-state index is -0.565. The van der Waals surface area contributed by atoms with Crippen molar-refractivity contribution in [2.45, 2.75) is 31.2 Å². The number of nitrogens with one attached hydrogen (secondary N) is 2. The van der Waals surface area contributed by atoms with Gasteiger partial charge in [-0.1, -0.05) is 48.5 Å². The van der Waals surface area contributed by atoms with Crippen LogP contribution in [-0.2, 0) is 10.2 Å². The number of carbonyl (C=O) groups is 2. The number of carbonyl (C=O) groups excluding carboxylic acids is 2. The summed E-state index contributed by atoms with van der Waals surface area (Å²) >= 11 is 0. The molecule has 0 unspecified atom stereocenters. The van der Waals surface area contributed by atoms with Crippen molar-refractivity contribution < 1.29 is 9.59 Å². The van der Waals surface area contributed by atoms with Gasteiger partial charge < -0.3 is 10.6 Å². The molecule has 0 bridgehead atoms. The molecular formula is C20H22N2O2. The summed E-state index contributed by atoms with van der Waals surface area (Å²) < 4.78 is 0. The highest BCUT2D eigenvalue weighted by molar-refractivity contribution is 5.97. The predicted molar refractivity (Wildman–Crippen MR) is 93.7 cm³/mol. The molecule has 0 aromatic heterocycles. The lowest BCUT2D eigenvalue weighted by Gasteiger charge is -2.19. The van der Waals surface area contributed by atoms with Crippen LogP contribution in [0, 0.1) is 0 Å². The first-order valence-corrected chi connectivity index (χ1v) is 8.30. The Balaban J connectivity index is 1.53. The highest BCUT2D eigenvalue weighted by atomic mass is 16.2. The van der Waals surface area contributed by atoms with Crippen LogP contribution in [0.4, 0.5) is 0 Å². The van der Waals surface area contributed by atoms with E-state index in [-0.39, 0.29) is 17.2 Å². The zero-order valence-electron chi connectivity index (χ0n) is 13.8. The van der Waals surface area contributed by atoms with Crippen molar-refractivity contribution in [3.8, 4) is 0 Å². The first kappa shape index (κ1) is 16.2. The second-order valence-electron chi connectivity index (χ2n) is 6.43. The first-order chi connectivity index (χ1) is 11.6. The van der Waals surface area contributed by atoms with Crippen molar-refractivity contribution in [3.63, 3.8) is 0 Å². The normalized spacial score (nSPS) is 16.0. The molecule has 1 aliphatic carbocycles. The maximum Gasteiger partial charge on any atom is 0.251 e. The Bertz CT molecular complexity index is 709. The second-order valence-corrected chi connectivity index (χ2v) is 6.43. The topological polar surface area (TPSA) is 58.2 Å². The Morgan fingerprint density at radius 1 is 1.00 bits per heavy atom. The Morgan fingerprint density at radius 3 is 2.17 bits per heavy atom. The lowest BCUT2D eigenvalue weighted by molar-refractivity contribution is -0.122. The van der Waals surface area contributed by atoms with Gasteiger partial charge in [0.25, 0.3) is 5.91 Å². The van der Waals surface area contributed by atoms with Crippen LogP contribution in [0.2, 0.25) is 0 Å². The Morgan fingerprint density at radius 2 is 1.58 bits per heavy atom. The third-order valence-electron chi connectivity index (χ3n) is 4.62. The van der Waals surface area contributed by atoms with Gasteiger partial charge in [-0.25, -0.2) is 0 Å². The van der Waals surface area contributed by atoms with Crippen LogP contribution < -0.4 is 10.6 Å². The van der Waals surface area contributed by atoms with Gasteiger partial charge in [0.1, 0.15) is 6.04 Å². The summed E-state index contributed by atoms with van der Waals surface area (Å²) in [6, 6.07) is 18.6. The fourth-order valence-electron chi connectivity index (χ4n) is 2.85. The smallest absolute Gasteiger partial charge is 0.251 e. The lowest BCUT2D eigenvalue weighted by atomic mass is 9.96. The molecule has 1 aliphatic rings. The van der Waals surface area contributed by atoms with Gasteiger partial charge in [-0.05, 0) is 37.5 Å². The van der Waals surface area contributed by atoms with Gasteiger partial charge in [0.2, 0.25) is 5.91 Å². The van der Waals surface area contributed by atoms with Crippen LogP contribution in [0.25, 0.3) is 0 Å². The van der Waals surface area contributed by atoms with E-state index in [1.165, 1.54) is 5.56 Å². The highest BCUT2D eigenvalue weighted by Gasteiger charge is 2.44. The van der Waals surface area contributed by atoms with Crippen LogP contribution in [0.3, 0.4) is 0 Å². The van der Waals surface area contributed by atoms with Crippen LogP contribution >= 0.6 is 0 Å². The number of hydrogen-bond acceptors (Lipinski definition) is 2. The number of benzene rings is 2. The maximum absolute atomic E-state index is 12.3. The van der Waals surface area contributed by atoms with Crippen LogP contribution in [-0.4, -0.2) is 24.4 Å². The maximum atomic E-state index is 12.3. The van der Waals surface area contributed by atoms with Gasteiger partial charge in [0.15, 0.2) is 0 Å². The molecule has 0 heterocycles. The molecule has 1 atom stereocenters. The minimum Gasteiger partial charge on any atom is -0.353 e. The molecule has 2 N–H and O–H groups in total. The molecule has 1 saturated carbocycles. The molecule has 124 valence electrons. The first-order valence-electron chi connectivity index (χ1n) is 8.30. The summed E-state index contributed by atoms with van der Waals surface area (Å²) in [5.41, 5.74) is 1.89. The van der Waals surface area contributed by atoms with E-state index in [9.17, 15) is 9.59 Å². The van der Waals surface area contributed by atoms with Gasteiger partial charge in [0.05, 0.1) is 0 Å². The summed E-state index contributed by atoms with van der Waals surface area (Å²) in [6.45, 7) is 2.32. The zero-order valence-corrected chi connectivity index (χ0v) is 13.8. The van der Waals surface area contributed by atoms with Crippen molar-refractivity contribution in [3.05, 3.63) is 71.8 Å². The minimum absolute atomic E-state index is 0.0695. The summed E-state index contributed by atoms with van der Waals surface area (Å²) in [5.74, 6) is -0.385. The molecule has 2 aromatic rings. The van der Waals surface area contributed by atoms with Gasteiger partial charge in [-0.15, -0.1) is 0 Å². The van der Waals surface area contributed by atoms with Crippen molar-refractivity contribution in [2.24, 2.45) is 0 Å². The van der Waals surface area contributed by atoms with Crippen LogP contribution in [0.1, 0.15) is 35.7 Å². The van der Waals surface area contributed by atoms with Gasteiger partial charge in [0, 0.05) is 17.5 Å². The molecule has 2 amide bonds. The summed E-state index contributed by atoms with van der Waals surface area (Å²) in [4.78, 5) is 24.4. The molecule has 1 fully saturated rings. The zero-order chi connectivity index (χ0) is 17.0. The predicted octanol–water partition coefficient (Wildman–Crippen LogP) is 2.65. The molecule has 3 rings (SSSR count). The van der Waals surface area contributed by atoms with E-state index in [4.69, 9.17) is 0 Å². The molecule has 4 nitrogen and oxygen atoms in total. The SMILES string of the molecule is C[C@@H](NC(=O)c1ccccc1)C(=O)NCC1(c2ccccc2)CC1. The third kappa shape index (κ3) is 3.65. The molecule has 0 spiro atoms. The molecule has 0 aliphatic heterocycles. The third-order valence-corrected chi connectivity index (χ3v) is 4.62. The number of amides is 2. The van der Waals surface area contributed by atoms with Crippen LogP contribution in [0.15, 0.2) is 60.7 Å². The average Bonchev–Trinajstić information content (AvgIpc) is 3.42. The van der Waals surface area contributed by atoms with Gasteiger partial charge in [-0.2, -0.15) is 0 Å². The number of rotatable bonds is 6. The van der Waals surface area contributed by atoms with E-state index < -0.39 is 6.04 Å². The van der Waals surface area contributed by atoms with E-state index >= 15 is 0 Å².